The Bertz CT molecular complexity index is 441. The Balaban J connectivity index is 3.06. The van der Waals surface area contributed by atoms with Gasteiger partial charge in [0.15, 0.2) is 5.78 Å². The quantitative estimate of drug-likeness (QED) is 0.328. The predicted molar refractivity (Wildman–Crippen MR) is 49.3 cm³/mol. The van der Waals surface area contributed by atoms with Crippen LogP contribution in [-0.4, -0.2) is 11.8 Å². The summed E-state index contributed by atoms with van der Waals surface area (Å²) >= 11 is 0. The lowest BCUT2D eigenvalue weighted by atomic mass is 10.1. The number of azide groups is 1. The first kappa shape index (κ1) is 11.1. The molecule has 0 saturated heterocycles. The molecule has 1 aromatic carbocycles. The van der Waals surface area contributed by atoms with Crippen LogP contribution in [0.2, 0.25) is 0 Å². The molecule has 15 heavy (non-hydrogen) atoms. The van der Waals surface area contributed by atoms with Gasteiger partial charge in [-0.15, -0.1) is 0 Å². The molecule has 0 bridgehead atoms. The summed E-state index contributed by atoms with van der Waals surface area (Å²) in [5, 5.41) is 3.14. The molecular formula is C9H7F2N3O. The zero-order chi connectivity index (χ0) is 11.4. The summed E-state index contributed by atoms with van der Waals surface area (Å²) in [7, 11) is 0. The molecule has 1 rings (SSSR count). The van der Waals surface area contributed by atoms with E-state index in [2.05, 4.69) is 10.0 Å². The van der Waals surface area contributed by atoms with E-state index in [4.69, 9.17) is 5.53 Å². The summed E-state index contributed by atoms with van der Waals surface area (Å²) in [5.74, 6) is -2.40. The Kier molecular flexibility index (Phi) is 3.36. The van der Waals surface area contributed by atoms with Gasteiger partial charge in [0, 0.05) is 11.0 Å². The molecule has 0 aliphatic rings. The lowest BCUT2D eigenvalue weighted by Gasteiger charge is -2.04. The number of hydrogen-bond acceptors (Lipinski definition) is 2. The lowest BCUT2D eigenvalue weighted by molar-refractivity contribution is 0.0964. The van der Waals surface area contributed by atoms with Crippen LogP contribution in [0.5, 0.6) is 0 Å². The average molecular weight is 211 g/mol. The second-order valence-corrected chi connectivity index (χ2v) is 2.87. The standard InChI is InChI=1S/C9H7F2N3O/c1-5(13-14-12)9(15)7-3-2-6(10)4-8(7)11/h2-5H,1H3. The second-order valence-electron chi connectivity index (χ2n) is 2.87. The predicted octanol–water partition coefficient (Wildman–Crippen LogP) is 2.85. The van der Waals surface area contributed by atoms with Crippen molar-refractivity contribution >= 4 is 5.78 Å². The maximum atomic E-state index is 13.1. The highest BCUT2D eigenvalue weighted by Crippen LogP contribution is 2.13. The molecule has 0 heterocycles. The van der Waals surface area contributed by atoms with E-state index in [0.717, 1.165) is 12.1 Å². The molecule has 1 atom stereocenters. The van der Waals surface area contributed by atoms with E-state index in [1.165, 1.54) is 6.92 Å². The van der Waals surface area contributed by atoms with Crippen molar-refractivity contribution in [3.05, 3.63) is 45.8 Å². The first-order chi connectivity index (χ1) is 7.06. The van der Waals surface area contributed by atoms with Gasteiger partial charge >= 0.3 is 0 Å². The molecule has 0 aromatic heterocycles. The van der Waals surface area contributed by atoms with Crippen LogP contribution in [0.3, 0.4) is 0 Å². The van der Waals surface area contributed by atoms with Gasteiger partial charge < -0.3 is 0 Å². The molecule has 0 aliphatic carbocycles. The minimum absolute atomic E-state index is 0.281. The van der Waals surface area contributed by atoms with E-state index in [1.807, 2.05) is 0 Å². The first-order valence-electron chi connectivity index (χ1n) is 4.09. The molecule has 0 aliphatic heterocycles. The van der Waals surface area contributed by atoms with Crippen molar-refractivity contribution in [2.24, 2.45) is 5.11 Å². The highest BCUT2D eigenvalue weighted by atomic mass is 19.1. The third kappa shape index (κ3) is 2.51. The molecular weight excluding hydrogens is 204 g/mol. The van der Waals surface area contributed by atoms with E-state index < -0.39 is 23.5 Å². The minimum atomic E-state index is -1.00. The summed E-state index contributed by atoms with van der Waals surface area (Å²) < 4.78 is 25.6. The SMILES string of the molecule is CC(N=[N+]=[N-])C(=O)c1ccc(F)cc1F. The topological polar surface area (TPSA) is 65.8 Å². The molecule has 1 aromatic rings. The third-order valence-electron chi connectivity index (χ3n) is 1.80. The zero-order valence-electron chi connectivity index (χ0n) is 7.82. The Morgan fingerprint density at radius 2 is 2.20 bits per heavy atom. The van der Waals surface area contributed by atoms with Crippen LogP contribution in [-0.2, 0) is 0 Å². The molecule has 0 radical (unpaired) electrons. The van der Waals surface area contributed by atoms with Gasteiger partial charge in [0.1, 0.15) is 11.6 Å². The van der Waals surface area contributed by atoms with Crippen molar-refractivity contribution in [2.45, 2.75) is 13.0 Å². The van der Waals surface area contributed by atoms with Crippen LogP contribution in [0.25, 0.3) is 10.4 Å². The van der Waals surface area contributed by atoms with Crippen LogP contribution in [0.1, 0.15) is 17.3 Å². The summed E-state index contributed by atoms with van der Waals surface area (Å²) in [4.78, 5) is 13.9. The summed E-state index contributed by atoms with van der Waals surface area (Å²) in [5.41, 5.74) is 7.82. The first-order valence-corrected chi connectivity index (χ1v) is 4.09. The van der Waals surface area contributed by atoms with Crippen molar-refractivity contribution in [3.8, 4) is 0 Å². The fraction of sp³-hybridized carbons (Fsp3) is 0.222. The van der Waals surface area contributed by atoms with Crippen molar-refractivity contribution in [2.75, 3.05) is 0 Å². The zero-order valence-corrected chi connectivity index (χ0v) is 7.82. The number of nitrogens with zero attached hydrogens (tertiary/aromatic N) is 3. The Morgan fingerprint density at radius 3 is 2.73 bits per heavy atom. The lowest BCUT2D eigenvalue weighted by Crippen LogP contribution is -2.15. The highest BCUT2D eigenvalue weighted by Gasteiger charge is 2.17. The van der Waals surface area contributed by atoms with Crippen molar-refractivity contribution < 1.29 is 13.6 Å². The van der Waals surface area contributed by atoms with Crippen LogP contribution >= 0.6 is 0 Å². The van der Waals surface area contributed by atoms with Gasteiger partial charge in [0.05, 0.1) is 11.6 Å². The van der Waals surface area contributed by atoms with Crippen LogP contribution in [0.4, 0.5) is 8.78 Å². The van der Waals surface area contributed by atoms with Gasteiger partial charge in [0.2, 0.25) is 0 Å². The number of carbonyl (C=O) groups is 1. The van der Waals surface area contributed by atoms with Crippen molar-refractivity contribution in [1.29, 1.82) is 0 Å². The number of hydrogen-bond donors (Lipinski definition) is 0. The number of ketones is 1. The summed E-state index contributed by atoms with van der Waals surface area (Å²) in [6.07, 6.45) is 0. The van der Waals surface area contributed by atoms with Crippen molar-refractivity contribution in [1.82, 2.24) is 0 Å². The molecule has 0 saturated carbocycles. The number of benzene rings is 1. The van der Waals surface area contributed by atoms with Gasteiger partial charge in [0.25, 0.3) is 0 Å². The Labute approximate surface area is 84.2 Å². The normalized spacial score (nSPS) is 11.7. The minimum Gasteiger partial charge on any atom is -0.294 e. The number of Topliss-reactive ketones (excluding diaryl/α,β-unsaturated/α-hetero) is 1. The summed E-state index contributed by atoms with van der Waals surface area (Å²) in [6.45, 7) is 1.34. The molecule has 0 N–H and O–H groups in total. The smallest absolute Gasteiger partial charge is 0.174 e. The largest absolute Gasteiger partial charge is 0.294 e. The number of carbonyl (C=O) groups excluding carboxylic acids is 1. The second kappa shape index (κ2) is 4.52. The highest BCUT2D eigenvalue weighted by molar-refractivity contribution is 6.00. The van der Waals surface area contributed by atoms with Gasteiger partial charge in [-0.1, -0.05) is 5.11 Å². The van der Waals surface area contributed by atoms with E-state index in [0.29, 0.717) is 6.07 Å². The van der Waals surface area contributed by atoms with E-state index in [-0.39, 0.29) is 5.56 Å². The van der Waals surface area contributed by atoms with E-state index in [9.17, 15) is 13.6 Å². The number of rotatable bonds is 3. The molecule has 0 spiro atoms. The Morgan fingerprint density at radius 1 is 1.53 bits per heavy atom. The number of halogens is 2. The maximum absolute atomic E-state index is 13.1. The van der Waals surface area contributed by atoms with Gasteiger partial charge in [-0.2, -0.15) is 0 Å². The molecule has 6 heteroatoms. The molecule has 0 fully saturated rings. The van der Waals surface area contributed by atoms with Crippen molar-refractivity contribution in [3.63, 3.8) is 0 Å². The fourth-order valence-electron chi connectivity index (χ4n) is 1.04. The van der Waals surface area contributed by atoms with Crippen LogP contribution < -0.4 is 0 Å². The Hall–Kier alpha value is -1.94. The maximum Gasteiger partial charge on any atom is 0.174 e. The van der Waals surface area contributed by atoms with Gasteiger partial charge in [-0.3, -0.25) is 4.79 Å². The van der Waals surface area contributed by atoms with E-state index in [1.54, 1.807) is 0 Å². The third-order valence-corrected chi connectivity index (χ3v) is 1.80. The molecule has 4 nitrogen and oxygen atoms in total. The van der Waals surface area contributed by atoms with E-state index >= 15 is 0 Å². The fourth-order valence-corrected chi connectivity index (χ4v) is 1.04. The molecule has 0 amide bonds. The average Bonchev–Trinajstić information content (AvgIpc) is 2.17. The summed E-state index contributed by atoms with van der Waals surface area (Å²) in [6, 6.07) is 1.60. The van der Waals surface area contributed by atoms with Gasteiger partial charge in [-0.25, -0.2) is 8.78 Å². The van der Waals surface area contributed by atoms with Crippen LogP contribution in [0.15, 0.2) is 23.3 Å². The molecule has 78 valence electrons. The van der Waals surface area contributed by atoms with Gasteiger partial charge in [-0.05, 0) is 24.6 Å². The monoisotopic (exact) mass is 211 g/mol. The van der Waals surface area contributed by atoms with Crippen LogP contribution in [0, 0.1) is 11.6 Å². The molecule has 1 unspecified atom stereocenters.